The number of carbonyl (C=O) groups excluding carboxylic acids is 1. The molecule has 1 amide bonds. The Bertz CT molecular complexity index is 421. The van der Waals surface area contributed by atoms with Gasteiger partial charge in [-0.2, -0.15) is 0 Å². The highest BCUT2D eigenvalue weighted by Gasteiger charge is 2.44. The number of nitrogens with one attached hydrogen (secondary N) is 1. The van der Waals surface area contributed by atoms with Gasteiger partial charge in [-0.15, -0.1) is 0 Å². The fourth-order valence-corrected chi connectivity index (χ4v) is 1.10. The number of carbonyl (C=O) groups is 2. The minimum absolute atomic E-state index is 0.124. The summed E-state index contributed by atoms with van der Waals surface area (Å²) < 4.78 is 4.56. The topological polar surface area (TPSA) is 92.4 Å². The summed E-state index contributed by atoms with van der Waals surface area (Å²) in [5.41, 5.74) is -1.90. The van der Waals surface area contributed by atoms with Crippen LogP contribution in [0, 0.1) is 5.41 Å². The number of amides is 1. The number of carboxylic acids is 1. The predicted molar refractivity (Wildman–Crippen MR) is 59.5 cm³/mol. The first-order valence-electron chi connectivity index (χ1n) is 5.15. The van der Waals surface area contributed by atoms with Crippen LogP contribution in [0.4, 0.5) is 0 Å². The van der Waals surface area contributed by atoms with Crippen molar-refractivity contribution < 1.29 is 19.2 Å². The molecule has 0 saturated carbocycles. The number of carboxylic acid groups (broad SMARTS) is 1. The van der Waals surface area contributed by atoms with E-state index in [1.54, 1.807) is 27.7 Å². The summed E-state index contributed by atoms with van der Waals surface area (Å²) in [7, 11) is 0. The van der Waals surface area contributed by atoms with E-state index in [-0.39, 0.29) is 5.69 Å². The number of nitrogens with zero attached hydrogens (tertiary/aromatic N) is 1. The first kappa shape index (κ1) is 13.2. The number of hydrogen-bond donors (Lipinski definition) is 2. The Morgan fingerprint density at radius 2 is 1.94 bits per heavy atom. The van der Waals surface area contributed by atoms with E-state index >= 15 is 0 Å². The van der Waals surface area contributed by atoms with Crippen molar-refractivity contribution in [3.8, 4) is 0 Å². The highest BCUT2D eigenvalue weighted by atomic mass is 16.5. The predicted octanol–water partition coefficient (Wildman–Crippen LogP) is 1.29. The third-order valence-corrected chi connectivity index (χ3v) is 3.19. The highest BCUT2D eigenvalue weighted by Crippen LogP contribution is 2.30. The molecule has 0 atom stereocenters. The molecule has 0 aliphatic carbocycles. The molecule has 1 aromatic heterocycles. The molecule has 17 heavy (non-hydrogen) atoms. The van der Waals surface area contributed by atoms with E-state index in [9.17, 15) is 9.59 Å². The molecule has 6 nitrogen and oxygen atoms in total. The fraction of sp³-hybridized carbons (Fsp3) is 0.545. The molecule has 1 heterocycles. The van der Waals surface area contributed by atoms with Crippen molar-refractivity contribution in [3.05, 3.63) is 18.0 Å². The van der Waals surface area contributed by atoms with Gasteiger partial charge in [0.1, 0.15) is 6.26 Å². The van der Waals surface area contributed by atoms with E-state index in [4.69, 9.17) is 5.11 Å². The van der Waals surface area contributed by atoms with E-state index < -0.39 is 22.8 Å². The molecule has 0 radical (unpaired) electrons. The van der Waals surface area contributed by atoms with Crippen LogP contribution in [0.5, 0.6) is 0 Å². The molecule has 0 unspecified atom stereocenters. The first-order valence-corrected chi connectivity index (χ1v) is 5.15. The van der Waals surface area contributed by atoms with Crippen molar-refractivity contribution in [2.24, 2.45) is 5.41 Å². The molecule has 1 aromatic rings. The standard InChI is InChI=1S/C11H16N2O4/c1-10(2,9(15)16)11(3,4)12-8(14)7-5-6-17-13-7/h5-6H,1-4H3,(H,12,14)(H,15,16). The number of rotatable bonds is 4. The van der Waals surface area contributed by atoms with Crippen LogP contribution < -0.4 is 5.32 Å². The molecule has 0 aliphatic rings. The molecular formula is C11H16N2O4. The molecule has 0 bridgehead atoms. The average molecular weight is 240 g/mol. The average Bonchev–Trinajstić information content (AvgIpc) is 2.68. The zero-order chi connectivity index (χ0) is 13.3. The third-order valence-electron chi connectivity index (χ3n) is 3.19. The van der Waals surface area contributed by atoms with Crippen LogP contribution in [0.1, 0.15) is 38.2 Å². The molecule has 94 valence electrons. The maximum atomic E-state index is 11.8. The first-order chi connectivity index (χ1) is 7.68. The van der Waals surface area contributed by atoms with Crippen LogP contribution in [0.25, 0.3) is 0 Å². The SMILES string of the molecule is CC(C)(NC(=O)c1ccon1)C(C)(C)C(=O)O. The van der Waals surface area contributed by atoms with Crippen molar-refractivity contribution in [1.29, 1.82) is 0 Å². The van der Waals surface area contributed by atoms with Gasteiger partial charge in [0, 0.05) is 6.07 Å². The van der Waals surface area contributed by atoms with Gasteiger partial charge in [0.05, 0.1) is 11.0 Å². The van der Waals surface area contributed by atoms with Crippen molar-refractivity contribution in [2.45, 2.75) is 33.2 Å². The second-order valence-electron chi connectivity index (χ2n) is 4.89. The lowest BCUT2D eigenvalue weighted by Gasteiger charge is -2.38. The molecule has 0 fully saturated rings. The number of aliphatic carboxylic acids is 1. The Morgan fingerprint density at radius 1 is 1.35 bits per heavy atom. The smallest absolute Gasteiger partial charge is 0.311 e. The maximum absolute atomic E-state index is 11.8. The molecule has 2 N–H and O–H groups in total. The van der Waals surface area contributed by atoms with E-state index in [2.05, 4.69) is 15.0 Å². The van der Waals surface area contributed by atoms with Gasteiger partial charge in [-0.25, -0.2) is 0 Å². The summed E-state index contributed by atoms with van der Waals surface area (Å²) in [5, 5.41) is 15.3. The van der Waals surface area contributed by atoms with Gasteiger partial charge in [0.15, 0.2) is 5.69 Å². The Hall–Kier alpha value is -1.85. The van der Waals surface area contributed by atoms with Gasteiger partial charge >= 0.3 is 5.97 Å². The van der Waals surface area contributed by atoms with E-state index in [1.807, 2.05) is 0 Å². The summed E-state index contributed by atoms with van der Waals surface area (Å²) in [6.07, 6.45) is 1.28. The van der Waals surface area contributed by atoms with Crippen molar-refractivity contribution in [1.82, 2.24) is 10.5 Å². The van der Waals surface area contributed by atoms with Gasteiger partial charge in [0.2, 0.25) is 0 Å². The maximum Gasteiger partial charge on any atom is 0.311 e. The summed E-state index contributed by atoms with van der Waals surface area (Å²) in [6.45, 7) is 6.41. The molecule has 0 aromatic carbocycles. The minimum atomic E-state index is -1.10. The largest absolute Gasteiger partial charge is 0.481 e. The fourth-order valence-electron chi connectivity index (χ4n) is 1.10. The lowest BCUT2D eigenvalue weighted by Crippen LogP contribution is -2.57. The summed E-state index contributed by atoms with van der Waals surface area (Å²) in [6, 6.07) is 1.42. The van der Waals surface area contributed by atoms with E-state index in [0.717, 1.165) is 0 Å². The molecule has 0 aliphatic heterocycles. The van der Waals surface area contributed by atoms with Gasteiger partial charge in [-0.3, -0.25) is 9.59 Å². The Morgan fingerprint density at radius 3 is 2.35 bits per heavy atom. The van der Waals surface area contributed by atoms with Gasteiger partial charge < -0.3 is 14.9 Å². The molecule has 6 heteroatoms. The van der Waals surface area contributed by atoms with Crippen molar-refractivity contribution in [3.63, 3.8) is 0 Å². The minimum Gasteiger partial charge on any atom is -0.481 e. The van der Waals surface area contributed by atoms with Gasteiger partial charge in [-0.05, 0) is 27.7 Å². The Labute approximate surface area is 99.0 Å². The monoisotopic (exact) mass is 240 g/mol. The van der Waals surface area contributed by atoms with E-state index in [1.165, 1.54) is 12.3 Å². The van der Waals surface area contributed by atoms with Crippen molar-refractivity contribution in [2.75, 3.05) is 0 Å². The summed E-state index contributed by atoms with van der Waals surface area (Å²) in [5.74, 6) is -1.44. The normalized spacial score (nSPS) is 12.2. The third kappa shape index (κ3) is 2.46. The quantitative estimate of drug-likeness (QED) is 0.827. The lowest BCUT2D eigenvalue weighted by molar-refractivity contribution is -0.150. The molecule has 1 rings (SSSR count). The van der Waals surface area contributed by atoms with Crippen LogP contribution in [-0.2, 0) is 4.79 Å². The summed E-state index contributed by atoms with van der Waals surface area (Å²) >= 11 is 0. The molecule has 0 saturated heterocycles. The van der Waals surface area contributed by atoms with Crippen LogP contribution in [-0.4, -0.2) is 27.7 Å². The second-order valence-corrected chi connectivity index (χ2v) is 4.89. The van der Waals surface area contributed by atoms with Crippen LogP contribution in [0.3, 0.4) is 0 Å². The number of aromatic nitrogens is 1. The number of hydrogen-bond acceptors (Lipinski definition) is 4. The van der Waals surface area contributed by atoms with Crippen molar-refractivity contribution >= 4 is 11.9 Å². The van der Waals surface area contributed by atoms with Gasteiger partial charge in [-0.1, -0.05) is 5.16 Å². The molecule has 0 spiro atoms. The lowest BCUT2D eigenvalue weighted by atomic mass is 9.74. The highest BCUT2D eigenvalue weighted by molar-refractivity contribution is 5.93. The van der Waals surface area contributed by atoms with Crippen LogP contribution >= 0.6 is 0 Å². The zero-order valence-electron chi connectivity index (χ0n) is 10.3. The Balaban J connectivity index is 2.87. The van der Waals surface area contributed by atoms with E-state index in [0.29, 0.717) is 0 Å². The summed E-state index contributed by atoms with van der Waals surface area (Å²) in [4.78, 5) is 22.9. The van der Waals surface area contributed by atoms with Crippen LogP contribution in [0.2, 0.25) is 0 Å². The zero-order valence-corrected chi connectivity index (χ0v) is 10.3. The molecular weight excluding hydrogens is 224 g/mol. The Kier molecular flexibility index (Phi) is 3.26. The van der Waals surface area contributed by atoms with Gasteiger partial charge in [0.25, 0.3) is 5.91 Å². The second kappa shape index (κ2) is 4.20. The van der Waals surface area contributed by atoms with Crippen LogP contribution in [0.15, 0.2) is 16.9 Å².